The van der Waals surface area contributed by atoms with Crippen LogP contribution in [0.4, 0.5) is 8.78 Å². The van der Waals surface area contributed by atoms with Gasteiger partial charge in [-0.25, -0.2) is 14.2 Å². The largest absolute Gasteiger partial charge is 0.271 e. The molecule has 0 bridgehead atoms. The third-order valence-electron chi connectivity index (χ3n) is 3.40. The highest BCUT2D eigenvalue weighted by Crippen LogP contribution is 2.26. The predicted octanol–water partition coefficient (Wildman–Crippen LogP) is 3.07. The van der Waals surface area contributed by atoms with E-state index in [1.165, 1.54) is 12.1 Å². The molecule has 0 aliphatic carbocycles. The summed E-state index contributed by atoms with van der Waals surface area (Å²) in [5, 5.41) is 0.909. The second kappa shape index (κ2) is 5.55. The van der Waals surface area contributed by atoms with Gasteiger partial charge in [0.1, 0.15) is 0 Å². The van der Waals surface area contributed by atoms with E-state index in [0.29, 0.717) is 5.56 Å². The van der Waals surface area contributed by atoms with Gasteiger partial charge in [0, 0.05) is 17.1 Å². The van der Waals surface area contributed by atoms with Gasteiger partial charge in [0.25, 0.3) is 0 Å². The Balaban J connectivity index is 2.11. The number of para-hydroxylation sites is 1. The van der Waals surface area contributed by atoms with Crippen molar-refractivity contribution in [3.63, 3.8) is 0 Å². The molecule has 21 heavy (non-hydrogen) atoms. The molecule has 0 radical (unpaired) electrons. The first-order chi connectivity index (χ1) is 10.2. The summed E-state index contributed by atoms with van der Waals surface area (Å²) in [6.45, 7) is 0. The van der Waals surface area contributed by atoms with E-state index >= 15 is 0 Å². The smallest absolute Gasteiger partial charge is 0.163 e. The lowest BCUT2D eigenvalue weighted by atomic mass is 9.99. The molecule has 1 atom stereocenters. The number of pyridine rings is 1. The summed E-state index contributed by atoms with van der Waals surface area (Å²) in [7, 11) is 0. The van der Waals surface area contributed by atoms with Crippen molar-refractivity contribution in [1.82, 2.24) is 10.4 Å². The van der Waals surface area contributed by atoms with Crippen LogP contribution in [0.15, 0.2) is 54.7 Å². The molecule has 0 aliphatic heterocycles. The molecule has 3 rings (SSSR count). The monoisotopic (exact) mass is 285 g/mol. The third kappa shape index (κ3) is 2.49. The average molecular weight is 285 g/mol. The van der Waals surface area contributed by atoms with Gasteiger partial charge in [-0.2, -0.15) is 0 Å². The van der Waals surface area contributed by atoms with E-state index in [1.54, 1.807) is 6.20 Å². The fourth-order valence-corrected chi connectivity index (χ4v) is 2.35. The van der Waals surface area contributed by atoms with Crippen molar-refractivity contribution in [1.29, 1.82) is 0 Å². The Hall–Kier alpha value is -2.37. The summed E-state index contributed by atoms with van der Waals surface area (Å²) >= 11 is 0. The lowest BCUT2D eigenvalue weighted by molar-refractivity contribution is 0.483. The highest BCUT2D eigenvalue weighted by atomic mass is 19.2. The molecule has 5 heteroatoms. The van der Waals surface area contributed by atoms with Crippen LogP contribution in [0.25, 0.3) is 10.9 Å². The van der Waals surface area contributed by atoms with Crippen LogP contribution in [0.1, 0.15) is 17.2 Å². The average Bonchev–Trinajstić information content (AvgIpc) is 2.52. The van der Waals surface area contributed by atoms with Crippen molar-refractivity contribution in [2.45, 2.75) is 6.04 Å². The van der Waals surface area contributed by atoms with Gasteiger partial charge in [-0.1, -0.05) is 30.3 Å². The molecule has 3 nitrogen and oxygen atoms in total. The van der Waals surface area contributed by atoms with E-state index in [9.17, 15) is 8.78 Å². The fraction of sp³-hybridized carbons (Fsp3) is 0.0625. The summed E-state index contributed by atoms with van der Waals surface area (Å²) in [5.74, 6) is 3.72. The Morgan fingerprint density at radius 3 is 2.67 bits per heavy atom. The van der Waals surface area contributed by atoms with Crippen molar-refractivity contribution in [2.75, 3.05) is 0 Å². The van der Waals surface area contributed by atoms with Crippen molar-refractivity contribution in [3.05, 3.63) is 77.5 Å². The summed E-state index contributed by atoms with van der Waals surface area (Å²) in [5.41, 5.74) is 4.17. The van der Waals surface area contributed by atoms with Crippen LogP contribution in [0.2, 0.25) is 0 Å². The lowest BCUT2D eigenvalue weighted by Crippen LogP contribution is -2.29. The summed E-state index contributed by atoms with van der Waals surface area (Å²) in [6.07, 6.45) is 1.61. The minimum atomic E-state index is -0.909. The normalized spacial score (nSPS) is 12.5. The number of hydrogen-bond donors (Lipinski definition) is 2. The van der Waals surface area contributed by atoms with Crippen molar-refractivity contribution in [3.8, 4) is 0 Å². The van der Waals surface area contributed by atoms with Crippen LogP contribution in [0.3, 0.4) is 0 Å². The van der Waals surface area contributed by atoms with Crippen LogP contribution in [0, 0.1) is 11.6 Å². The predicted molar refractivity (Wildman–Crippen MR) is 77.3 cm³/mol. The molecule has 0 fully saturated rings. The van der Waals surface area contributed by atoms with Crippen LogP contribution < -0.4 is 11.3 Å². The number of hydrazine groups is 1. The van der Waals surface area contributed by atoms with Crippen molar-refractivity contribution in [2.24, 2.45) is 5.84 Å². The van der Waals surface area contributed by atoms with E-state index in [1.807, 2.05) is 30.3 Å². The molecule has 1 aromatic heterocycles. The van der Waals surface area contributed by atoms with Crippen molar-refractivity contribution >= 4 is 10.9 Å². The van der Waals surface area contributed by atoms with Gasteiger partial charge in [0.15, 0.2) is 11.6 Å². The first-order valence-electron chi connectivity index (χ1n) is 6.45. The number of halogens is 2. The zero-order valence-corrected chi connectivity index (χ0v) is 11.1. The molecule has 3 N–H and O–H groups in total. The summed E-state index contributed by atoms with van der Waals surface area (Å²) in [6, 6.07) is 12.8. The Morgan fingerprint density at radius 2 is 1.86 bits per heavy atom. The molecule has 1 unspecified atom stereocenters. The molecule has 1 heterocycles. The minimum absolute atomic E-state index is 0.148. The number of nitrogens with one attached hydrogen (secondary N) is 1. The molecule has 0 aliphatic rings. The summed E-state index contributed by atoms with van der Waals surface area (Å²) < 4.78 is 27.3. The van der Waals surface area contributed by atoms with Gasteiger partial charge >= 0.3 is 0 Å². The molecular weight excluding hydrogens is 272 g/mol. The van der Waals surface area contributed by atoms with Gasteiger partial charge in [-0.15, -0.1) is 0 Å². The highest BCUT2D eigenvalue weighted by molar-refractivity contribution is 5.78. The first-order valence-corrected chi connectivity index (χ1v) is 6.45. The number of hydrogen-bond acceptors (Lipinski definition) is 3. The van der Waals surface area contributed by atoms with Gasteiger partial charge in [0.2, 0.25) is 0 Å². The Labute approximate surface area is 120 Å². The number of rotatable bonds is 3. The van der Waals surface area contributed by atoms with E-state index in [-0.39, 0.29) is 5.56 Å². The van der Waals surface area contributed by atoms with Gasteiger partial charge < -0.3 is 0 Å². The SMILES string of the molecule is NNC(c1cnc2ccccc2c1)c1cccc(F)c1F. The maximum absolute atomic E-state index is 13.9. The Morgan fingerprint density at radius 1 is 1.05 bits per heavy atom. The van der Waals surface area contributed by atoms with E-state index < -0.39 is 17.7 Å². The van der Waals surface area contributed by atoms with Crippen LogP contribution >= 0.6 is 0 Å². The van der Waals surface area contributed by atoms with Crippen LogP contribution in [-0.4, -0.2) is 4.98 Å². The van der Waals surface area contributed by atoms with E-state index in [2.05, 4.69) is 10.4 Å². The van der Waals surface area contributed by atoms with Gasteiger partial charge in [-0.3, -0.25) is 10.8 Å². The molecule has 0 amide bonds. The third-order valence-corrected chi connectivity index (χ3v) is 3.40. The topological polar surface area (TPSA) is 50.9 Å². The highest BCUT2D eigenvalue weighted by Gasteiger charge is 2.19. The second-order valence-corrected chi connectivity index (χ2v) is 4.70. The number of fused-ring (bicyclic) bond motifs is 1. The standard InChI is InChI=1S/C16H13F2N3/c17-13-6-3-5-12(15(13)18)16(21-19)11-8-10-4-1-2-7-14(10)20-9-11/h1-9,16,21H,19H2. The molecular formula is C16H13F2N3. The van der Waals surface area contributed by atoms with Crippen LogP contribution in [0.5, 0.6) is 0 Å². The van der Waals surface area contributed by atoms with Gasteiger partial charge in [0.05, 0.1) is 11.6 Å². The number of nitrogens with zero attached hydrogens (tertiary/aromatic N) is 1. The van der Waals surface area contributed by atoms with E-state index in [4.69, 9.17) is 5.84 Å². The molecule has 2 aromatic carbocycles. The van der Waals surface area contributed by atoms with E-state index in [0.717, 1.165) is 17.0 Å². The Kier molecular flexibility index (Phi) is 3.60. The zero-order chi connectivity index (χ0) is 14.8. The molecule has 0 spiro atoms. The quantitative estimate of drug-likeness (QED) is 0.574. The number of benzene rings is 2. The molecule has 3 aromatic rings. The maximum Gasteiger partial charge on any atom is 0.163 e. The molecule has 106 valence electrons. The summed E-state index contributed by atoms with van der Waals surface area (Å²) in [4.78, 5) is 4.32. The maximum atomic E-state index is 13.9. The zero-order valence-electron chi connectivity index (χ0n) is 11.1. The van der Waals surface area contributed by atoms with Gasteiger partial charge in [-0.05, 0) is 23.8 Å². The fourth-order valence-electron chi connectivity index (χ4n) is 2.35. The first kappa shape index (κ1) is 13.6. The number of nitrogens with two attached hydrogens (primary N) is 1. The van der Waals surface area contributed by atoms with Crippen molar-refractivity contribution < 1.29 is 8.78 Å². The molecule has 0 saturated carbocycles. The lowest BCUT2D eigenvalue weighted by Gasteiger charge is -2.18. The van der Waals surface area contributed by atoms with Crippen LogP contribution in [-0.2, 0) is 0 Å². The number of aromatic nitrogens is 1. The minimum Gasteiger partial charge on any atom is -0.271 e. The second-order valence-electron chi connectivity index (χ2n) is 4.70. The Bertz CT molecular complexity index is 789. The molecule has 0 saturated heterocycles.